The molecule has 4 N–H and O–H groups in total. The van der Waals surface area contributed by atoms with Crippen LogP contribution in [0.3, 0.4) is 0 Å². The van der Waals surface area contributed by atoms with E-state index >= 15 is 0 Å². The van der Waals surface area contributed by atoms with Crippen molar-refractivity contribution in [2.24, 2.45) is 0 Å². The Hall–Kier alpha value is -2.16. The molecule has 1 atom stereocenters. The number of nitrogens with zero attached hydrogens (tertiary/aromatic N) is 1. The van der Waals surface area contributed by atoms with Crippen LogP contribution in [0.25, 0.3) is 0 Å². The van der Waals surface area contributed by atoms with Crippen LogP contribution in [0.15, 0.2) is 9.59 Å². The number of anilines is 2. The molecule has 0 aliphatic carbocycles. The zero-order valence-electron chi connectivity index (χ0n) is 12.0. The van der Waals surface area contributed by atoms with Gasteiger partial charge >= 0.3 is 5.69 Å². The third-order valence-electron chi connectivity index (χ3n) is 3.18. The maximum Gasteiger partial charge on any atom is 0.330 e. The first-order valence-electron chi connectivity index (χ1n) is 6.87. The normalized spacial score (nSPS) is 11.8. The van der Waals surface area contributed by atoms with Crippen LogP contribution >= 0.6 is 0 Å². The van der Waals surface area contributed by atoms with E-state index in [1.165, 1.54) is 4.57 Å². The minimum Gasteiger partial charge on any atom is -0.383 e. The smallest absolute Gasteiger partial charge is 0.330 e. The SMILES string of the molecule is C#CCC(CC)Nc1c(N)n(CCCC)c(=O)[nH]c1=O. The average Bonchev–Trinajstić information content (AvgIpc) is 2.42. The van der Waals surface area contributed by atoms with E-state index in [4.69, 9.17) is 12.2 Å². The van der Waals surface area contributed by atoms with Crippen LogP contribution in [0.2, 0.25) is 0 Å². The second-order valence-electron chi connectivity index (χ2n) is 4.68. The molecule has 110 valence electrons. The fraction of sp³-hybridized carbons (Fsp3) is 0.571. The maximum absolute atomic E-state index is 11.9. The first-order valence-corrected chi connectivity index (χ1v) is 6.87. The van der Waals surface area contributed by atoms with Crippen LogP contribution in [-0.4, -0.2) is 15.6 Å². The summed E-state index contributed by atoms with van der Waals surface area (Å²) in [4.78, 5) is 25.9. The van der Waals surface area contributed by atoms with Crippen LogP contribution in [-0.2, 0) is 6.54 Å². The number of aromatic nitrogens is 2. The van der Waals surface area contributed by atoms with Gasteiger partial charge in [-0.15, -0.1) is 12.3 Å². The summed E-state index contributed by atoms with van der Waals surface area (Å²) in [6.45, 7) is 4.47. The van der Waals surface area contributed by atoms with Crippen molar-refractivity contribution in [2.45, 2.75) is 52.1 Å². The molecule has 1 aromatic heterocycles. The van der Waals surface area contributed by atoms with Gasteiger partial charge in [-0.2, -0.15) is 0 Å². The molecule has 1 unspecified atom stereocenters. The minimum absolute atomic E-state index is 0.0412. The summed E-state index contributed by atoms with van der Waals surface area (Å²) in [5, 5.41) is 3.04. The van der Waals surface area contributed by atoms with E-state index in [9.17, 15) is 9.59 Å². The average molecular weight is 278 g/mol. The van der Waals surface area contributed by atoms with Gasteiger partial charge in [0.15, 0.2) is 0 Å². The number of aromatic amines is 1. The number of unbranched alkanes of at least 4 members (excludes halogenated alkanes) is 1. The van der Waals surface area contributed by atoms with Crippen molar-refractivity contribution in [3.63, 3.8) is 0 Å². The Bertz CT molecular complexity index is 595. The monoisotopic (exact) mass is 278 g/mol. The summed E-state index contributed by atoms with van der Waals surface area (Å²) >= 11 is 0. The number of nitrogens with one attached hydrogen (secondary N) is 2. The zero-order valence-corrected chi connectivity index (χ0v) is 12.0. The molecule has 1 aromatic rings. The molecule has 0 aliphatic heterocycles. The van der Waals surface area contributed by atoms with Crippen LogP contribution in [0.4, 0.5) is 11.5 Å². The third-order valence-corrected chi connectivity index (χ3v) is 3.18. The van der Waals surface area contributed by atoms with Crippen molar-refractivity contribution >= 4 is 11.5 Å². The van der Waals surface area contributed by atoms with Gasteiger partial charge in [-0.25, -0.2) is 4.79 Å². The Labute approximate surface area is 118 Å². The molecular formula is C14H22N4O2. The van der Waals surface area contributed by atoms with Crippen LogP contribution in [0.5, 0.6) is 0 Å². The number of nitrogens with two attached hydrogens (primary N) is 1. The molecule has 0 saturated heterocycles. The first kappa shape index (κ1) is 15.9. The van der Waals surface area contributed by atoms with E-state index in [1.807, 2.05) is 13.8 Å². The van der Waals surface area contributed by atoms with Crippen molar-refractivity contribution in [3.8, 4) is 12.3 Å². The van der Waals surface area contributed by atoms with E-state index in [2.05, 4.69) is 16.2 Å². The molecule has 6 nitrogen and oxygen atoms in total. The van der Waals surface area contributed by atoms with E-state index in [-0.39, 0.29) is 17.5 Å². The van der Waals surface area contributed by atoms with E-state index in [0.717, 1.165) is 19.3 Å². The van der Waals surface area contributed by atoms with Crippen molar-refractivity contribution in [1.82, 2.24) is 9.55 Å². The van der Waals surface area contributed by atoms with Crippen molar-refractivity contribution in [1.29, 1.82) is 0 Å². The van der Waals surface area contributed by atoms with Crippen LogP contribution < -0.4 is 22.3 Å². The molecule has 6 heteroatoms. The Morgan fingerprint density at radius 3 is 2.70 bits per heavy atom. The van der Waals surface area contributed by atoms with E-state index in [0.29, 0.717) is 13.0 Å². The van der Waals surface area contributed by atoms with E-state index in [1.54, 1.807) is 0 Å². The highest BCUT2D eigenvalue weighted by atomic mass is 16.2. The van der Waals surface area contributed by atoms with Crippen molar-refractivity contribution in [2.75, 3.05) is 11.1 Å². The van der Waals surface area contributed by atoms with Gasteiger partial charge in [0.25, 0.3) is 5.56 Å². The van der Waals surface area contributed by atoms with Gasteiger partial charge in [0.2, 0.25) is 0 Å². The summed E-state index contributed by atoms with van der Waals surface area (Å²) in [7, 11) is 0. The topological polar surface area (TPSA) is 92.9 Å². The number of H-pyrrole nitrogens is 1. The number of hydrogen-bond donors (Lipinski definition) is 3. The Kier molecular flexibility index (Phi) is 5.91. The molecule has 0 bridgehead atoms. The summed E-state index contributed by atoms with van der Waals surface area (Å²) in [5.74, 6) is 2.72. The highest BCUT2D eigenvalue weighted by molar-refractivity contribution is 5.61. The van der Waals surface area contributed by atoms with Gasteiger partial charge in [-0.1, -0.05) is 20.3 Å². The quantitative estimate of drug-likeness (QED) is 0.652. The van der Waals surface area contributed by atoms with Gasteiger partial charge in [0.05, 0.1) is 0 Å². The molecule has 0 amide bonds. The molecule has 0 fully saturated rings. The Morgan fingerprint density at radius 1 is 1.45 bits per heavy atom. The highest BCUT2D eigenvalue weighted by Gasteiger charge is 2.14. The summed E-state index contributed by atoms with van der Waals surface area (Å²) in [6.07, 6.45) is 8.29. The van der Waals surface area contributed by atoms with Crippen molar-refractivity contribution in [3.05, 3.63) is 20.8 Å². The van der Waals surface area contributed by atoms with Crippen LogP contribution in [0, 0.1) is 12.3 Å². The number of nitrogen functional groups attached to an aromatic ring is 1. The first-order chi connectivity index (χ1) is 9.54. The van der Waals surface area contributed by atoms with E-state index < -0.39 is 11.2 Å². The zero-order chi connectivity index (χ0) is 15.1. The number of terminal acetylenes is 1. The lowest BCUT2D eigenvalue weighted by atomic mass is 10.1. The predicted molar refractivity (Wildman–Crippen MR) is 81.8 cm³/mol. The molecule has 20 heavy (non-hydrogen) atoms. The predicted octanol–water partition coefficient (Wildman–Crippen LogP) is 1.13. The van der Waals surface area contributed by atoms with Gasteiger partial charge in [0, 0.05) is 19.0 Å². The number of hydrogen-bond acceptors (Lipinski definition) is 4. The van der Waals surface area contributed by atoms with Gasteiger partial charge in [-0.3, -0.25) is 14.3 Å². The summed E-state index contributed by atoms with van der Waals surface area (Å²) < 4.78 is 1.38. The second kappa shape index (κ2) is 7.43. The third kappa shape index (κ3) is 3.67. The summed E-state index contributed by atoms with van der Waals surface area (Å²) in [6, 6.07) is -0.0412. The lowest BCUT2D eigenvalue weighted by Gasteiger charge is -2.18. The largest absolute Gasteiger partial charge is 0.383 e. The fourth-order valence-electron chi connectivity index (χ4n) is 1.91. The molecule has 0 radical (unpaired) electrons. The number of rotatable bonds is 7. The molecule has 1 heterocycles. The van der Waals surface area contributed by atoms with Crippen LogP contribution in [0.1, 0.15) is 39.5 Å². The Balaban J connectivity index is 3.16. The molecule has 0 saturated carbocycles. The van der Waals surface area contributed by atoms with Gasteiger partial charge in [0.1, 0.15) is 11.5 Å². The lowest BCUT2D eigenvalue weighted by Crippen LogP contribution is -2.35. The standard InChI is InChI=1S/C14H22N4O2/c1-4-7-9-18-12(15)11(13(19)17-14(18)20)16-10(6-3)8-5-2/h2,10,16H,4,6-9,15H2,1,3H3,(H,17,19,20). The molecule has 0 aliphatic rings. The Morgan fingerprint density at radius 2 is 2.15 bits per heavy atom. The highest BCUT2D eigenvalue weighted by Crippen LogP contribution is 2.14. The fourth-order valence-corrected chi connectivity index (χ4v) is 1.91. The molecule has 0 spiro atoms. The minimum atomic E-state index is -0.504. The van der Waals surface area contributed by atoms with Gasteiger partial charge < -0.3 is 11.1 Å². The molecule has 0 aromatic carbocycles. The lowest BCUT2D eigenvalue weighted by molar-refractivity contribution is 0.603. The summed E-state index contributed by atoms with van der Waals surface area (Å²) in [5.41, 5.74) is 5.20. The van der Waals surface area contributed by atoms with Crippen molar-refractivity contribution < 1.29 is 0 Å². The molecule has 1 rings (SSSR count). The van der Waals surface area contributed by atoms with Gasteiger partial charge in [-0.05, 0) is 12.8 Å². The maximum atomic E-state index is 11.9. The molecular weight excluding hydrogens is 256 g/mol. The second-order valence-corrected chi connectivity index (χ2v) is 4.68.